The summed E-state index contributed by atoms with van der Waals surface area (Å²) in [7, 11) is 1.64. The van der Waals surface area contributed by atoms with Crippen molar-refractivity contribution in [3.63, 3.8) is 0 Å². The second kappa shape index (κ2) is 20.0. The van der Waals surface area contributed by atoms with Crippen molar-refractivity contribution in [3.05, 3.63) is 143 Å². The summed E-state index contributed by atoms with van der Waals surface area (Å²) in [5.74, 6) is 2.07. The number of fused-ring (bicyclic) bond motifs is 2. The number of hydrogen-bond acceptors (Lipinski definition) is 10. The van der Waals surface area contributed by atoms with Crippen molar-refractivity contribution < 1.29 is 29.6 Å². The number of imidazole rings is 2. The smallest absolute Gasteiger partial charge is 0.138 e. The van der Waals surface area contributed by atoms with Crippen LogP contribution in [0, 0.1) is 5.82 Å². The highest BCUT2D eigenvalue weighted by atomic mass is 19.1. The largest absolute Gasteiger partial charge is 0.508 e. The summed E-state index contributed by atoms with van der Waals surface area (Å²) in [4.78, 5) is 15.9. The van der Waals surface area contributed by atoms with Crippen molar-refractivity contribution in [1.82, 2.24) is 30.6 Å². The number of aliphatic hydroxyl groups is 2. The number of para-hydroxylation sites is 4. The predicted octanol–water partition coefficient (Wildman–Crippen LogP) is 8.37. The van der Waals surface area contributed by atoms with Crippen LogP contribution in [0.2, 0.25) is 0 Å². The Morgan fingerprint density at radius 1 is 0.689 bits per heavy atom. The number of phenols is 2. The number of hydrogen-bond donors (Lipinski definition) is 9. The van der Waals surface area contributed by atoms with Gasteiger partial charge in [-0.05, 0) is 112 Å². The number of aromatic nitrogens is 4. The molecule has 0 spiro atoms. The predicted molar refractivity (Wildman–Crippen MR) is 239 cm³/mol. The number of aliphatic hydroxyl groups excluding tert-OH is 2. The van der Waals surface area contributed by atoms with Crippen LogP contribution in [0.15, 0.2) is 109 Å². The zero-order valence-corrected chi connectivity index (χ0v) is 35.5. The number of anilines is 1. The van der Waals surface area contributed by atoms with Gasteiger partial charge in [0.05, 0.1) is 47.1 Å². The topological polar surface area (TPSA) is 184 Å². The van der Waals surface area contributed by atoms with E-state index in [1.807, 2.05) is 86.6 Å². The molecule has 0 aliphatic rings. The fourth-order valence-corrected chi connectivity index (χ4v) is 6.89. The first-order valence-corrected chi connectivity index (χ1v) is 20.6. The molecule has 7 rings (SSSR count). The van der Waals surface area contributed by atoms with E-state index >= 15 is 0 Å². The van der Waals surface area contributed by atoms with Crippen LogP contribution in [0.1, 0.15) is 81.1 Å². The molecule has 13 heteroatoms. The molecule has 0 saturated heterocycles. The van der Waals surface area contributed by atoms with Gasteiger partial charge in [0.25, 0.3) is 0 Å². The summed E-state index contributed by atoms with van der Waals surface area (Å²) in [5.41, 5.74) is 6.10. The maximum absolute atomic E-state index is 13.8. The third-order valence-electron chi connectivity index (χ3n) is 10.8. The number of ether oxygens (including phenoxy) is 1. The van der Waals surface area contributed by atoms with Gasteiger partial charge in [0.2, 0.25) is 0 Å². The Morgan fingerprint density at radius 2 is 1.25 bits per heavy atom. The Labute approximate surface area is 356 Å². The van der Waals surface area contributed by atoms with Gasteiger partial charge in [-0.1, -0.05) is 42.5 Å². The molecule has 322 valence electrons. The lowest BCUT2D eigenvalue weighted by Gasteiger charge is -2.28. The van der Waals surface area contributed by atoms with Crippen LogP contribution in [-0.2, 0) is 19.4 Å². The molecule has 0 fully saturated rings. The van der Waals surface area contributed by atoms with Crippen LogP contribution in [0.5, 0.6) is 17.2 Å². The van der Waals surface area contributed by atoms with E-state index in [0.717, 1.165) is 82.3 Å². The van der Waals surface area contributed by atoms with E-state index in [1.54, 1.807) is 25.3 Å². The molecule has 2 atom stereocenters. The van der Waals surface area contributed by atoms with Gasteiger partial charge in [0, 0.05) is 55.2 Å². The van der Waals surface area contributed by atoms with Gasteiger partial charge in [-0.25, -0.2) is 14.4 Å². The number of benzene rings is 5. The molecule has 61 heavy (non-hydrogen) atoms. The van der Waals surface area contributed by atoms with E-state index in [9.17, 15) is 24.8 Å². The number of aromatic hydroxyl groups is 2. The van der Waals surface area contributed by atoms with Crippen molar-refractivity contribution in [2.24, 2.45) is 0 Å². The van der Waals surface area contributed by atoms with Gasteiger partial charge in [-0.3, -0.25) is 0 Å². The Bertz CT molecular complexity index is 2420. The lowest BCUT2D eigenvalue weighted by molar-refractivity contribution is 0.155. The number of phenolic OH excluding ortho intramolecular Hbond substituents is 2. The quantitative estimate of drug-likeness (QED) is 0.0381. The second-order valence-electron chi connectivity index (χ2n) is 16.6. The van der Waals surface area contributed by atoms with E-state index in [1.165, 1.54) is 12.1 Å². The van der Waals surface area contributed by atoms with E-state index in [4.69, 9.17) is 4.74 Å². The van der Waals surface area contributed by atoms with Crippen molar-refractivity contribution in [2.75, 3.05) is 25.5 Å². The SMILES string of the molecule is CC(C)(CCc1nc2ccccc2[nH]1)NCC(O)c1ccc(O)cc1F.COc1ccc(CNc2cc(C(O)CNC(C)(C)CCc3nc4ccccc4[nH]3)ccc2O)cc1. The fourth-order valence-electron chi connectivity index (χ4n) is 6.89. The molecule has 2 heterocycles. The zero-order valence-electron chi connectivity index (χ0n) is 35.5. The molecular formula is C48H58FN7O5. The number of H-pyrrole nitrogens is 2. The third-order valence-corrected chi connectivity index (χ3v) is 10.8. The van der Waals surface area contributed by atoms with Crippen molar-refractivity contribution >= 4 is 27.8 Å². The maximum atomic E-state index is 13.8. The molecule has 0 aliphatic carbocycles. The molecule has 0 saturated carbocycles. The lowest BCUT2D eigenvalue weighted by Crippen LogP contribution is -2.42. The van der Waals surface area contributed by atoms with Crippen molar-refractivity contribution in [2.45, 2.75) is 83.2 Å². The van der Waals surface area contributed by atoms with Crippen molar-refractivity contribution in [3.8, 4) is 17.2 Å². The standard InChI is InChI=1S/C28H34N4O3.C20H24FN3O2/c1-28(2,15-14-27-31-22-6-4-5-7-23(22)32-27)30-18-26(34)20-10-13-25(33)24(16-20)29-17-19-8-11-21(35-3)12-9-19;1-20(2,10-9-19-23-16-5-3-4-6-17(16)24-19)22-12-18(26)14-8-7-13(25)11-15(14)21/h4-13,16,26,29-30,33-34H,14-15,17-18H2,1-3H3,(H,31,32);3-8,11,18,22,25-26H,9-10,12H2,1-2H3,(H,23,24). The number of halogens is 1. The van der Waals surface area contributed by atoms with Crippen LogP contribution in [-0.4, -0.2) is 71.6 Å². The Morgan fingerprint density at radius 3 is 1.79 bits per heavy atom. The van der Waals surface area contributed by atoms with E-state index < -0.39 is 18.0 Å². The summed E-state index contributed by atoms with van der Waals surface area (Å²) in [6, 6.07) is 32.6. The van der Waals surface area contributed by atoms with Gasteiger partial charge >= 0.3 is 0 Å². The molecule has 7 aromatic rings. The highest BCUT2D eigenvalue weighted by Crippen LogP contribution is 2.29. The zero-order chi connectivity index (χ0) is 43.6. The number of rotatable bonds is 18. The fraction of sp³-hybridized carbons (Fsp3) is 0.333. The minimum Gasteiger partial charge on any atom is -0.508 e. The van der Waals surface area contributed by atoms with Gasteiger partial charge in [0.15, 0.2) is 0 Å². The minimum absolute atomic E-state index is 0.147. The monoisotopic (exact) mass is 831 g/mol. The highest BCUT2D eigenvalue weighted by Gasteiger charge is 2.22. The minimum atomic E-state index is -0.985. The number of methoxy groups -OCH3 is 1. The van der Waals surface area contributed by atoms with Gasteiger partial charge < -0.3 is 51.1 Å². The molecule has 2 aromatic heterocycles. The first-order valence-electron chi connectivity index (χ1n) is 20.6. The number of β-amino-alcohol motifs (C(OH)–C–C–N with tert-alkyl or cyclic N) is 2. The molecule has 0 aliphatic heterocycles. The molecular weight excluding hydrogens is 774 g/mol. The van der Waals surface area contributed by atoms with Crippen LogP contribution in [0.3, 0.4) is 0 Å². The van der Waals surface area contributed by atoms with Crippen LogP contribution >= 0.6 is 0 Å². The molecule has 0 amide bonds. The van der Waals surface area contributed by atoms with Gasteiger partial charge in [-0.2, -0.15) is 0 Å². The van der Waals surface area contributed by atoms with Crippen molar-refractivity contribution in [1.29, 1.82) is 0 Å². The molecule has 0 bridgehead atoms. The summed E-state index contributed by atoms with van der Waals surface area (Å²) in [6.45, 7) is 9.49. The molecule has 2 unspecified atom stereocenters. The van der Waals surface area contributed by atoms with Gasteiger partial charge in [-0.15, -0.1) is 0 Å². The number of nitrogens with one attached hydrogen (secondary N) is 5. The lowest BCUT2D eigenvalue weighted by atomic mass is 9.97. The van der Waals surface area contributed by atoms with E-state index in [-0.39, 0.29) is 34.7 Å². The first kappa shape index (κ1) is 44.6. The van der Waals surface area contributed by atoms with E-state index in [2.05, 4.69) is 49.7 Å². The summed E-state index contributed by atoms with van der Waals surface area (Å²) >= 11 is 0. The van der Waals surface area contributed by atoms with Crippen LogP contribution in [0.25, 0.3) is 22.1 Å². The molecule has 12 nitrogen and oxygen atoms in total. The van der Waals surface area contributed by atoms with Gasteiger partial charge in [0.1, 0.15) is 34.7 Å². The first-order chi connectivity index (χ1) is 29.2. The van der Waals surface area contributed by atoms with E-state index in [0.29, 0.717) is 18.8 Å². The number of nitrogens with zero attached hydrogens (tertiary/aromatic N) is 2. The summed E-state index contributed by atoms with van der Waals surface area (Å²) < 4.78 is 19.0. The van der Waals surface area contributed by atoms with Crippen LogP contribution < -0.4 is 20.7 Å². The summed E-state index contributed by atoms with van der Waals surface area (Å²) in [6.07, 6.45) is 1.55. The molecule has 0 radical (unpaired) electrons. The Balaban J connectivity index is 0.000000213. The number of aromatic amines is 2. The molecule has 5 aromatic carbocycles. The second-order valence-corrected chi connectivity index (χ2v) is 16.6. The maximum Gasteiger partial charge on any atom is 0.138 e. The average Bonchev–Trinajstić information content (AvgIpc) is 3.88. The summed E-state index contributed by atoms with van der Waals surface area (Å²) in [5, 5.41) is 50.6. The third kappa shape index (κ3) is 12.8. The average molecular weight is 832 g/mol. The highest BCUT2D eigenvalue weighted by molar-refractivity contribution is 5.75. The number of aryl methyl sites for hydroxylation is 2. The Hall–Kier alpha value is -5.99. The van der Waals surface area contributed by atoms with Crippen LogP contribution in [0.4, 0.5) is 10.1 Å². The Kier molecular flexibility index (Phi) is 14.6. The normalized spacial score (nSPS) is 12.9. The molecule has 9 N–H and O–H groups in total.